The third-order valence-corrected chi connectivity index (χ3v) is 4.67. The van der Waals surface area contributed by atoms with Crippen LogP contribution in [0.3, 0.4) is 0 Å². The number of unbranched alkanes of at least 4 members (excludes halogenated alkanes) is 3. The van der Waals surface area contributed by atoms with E-state index in [2.05, 4.69) is 6.92 Å². The first kappa shape index (κ1) is 21.9. The van der Waals surface area contributed by atoms with Crippen LogP contribution in [-0.2, 0) is 14.3 Å². The third-order valence-electron chi connectivity index (χ3n) is 4.67. The molecule has 2 rings (SSSR count). The minimum Gasteiger partial charge on any atom is -0.504 e. The molecule has 156 valence electrons. The Balaban J connectivity index is 1.95. The van der Waals surface area contributed by atoms with Crippen molar-refractivity contribution in [2.24, 2.45) is 5.92 Å². The van der Waals surface area contributed by atoms with Gasteiger partial charge in [0.15, 0.2) is 11.5 Å². The first-order valence-corrected chi connectivity index (χ1v) is 10.2. The molecule has 0 bridgehead atoms. The minimum absolute atomic E-state index is 0.112. The molecular formula is C22H32O6. The van der Waals surface area contributed by atoms with E-state index in [4.69, 9.17) is 18.9 Å². The van der Waals surface area contributed by atoms with Crippen molar-refractivity contribution in [3.05, 3.63) is 29.5 Å². The summed E-state index contributed by atoms with van der Waals surface area (Å²) in [4.78, 5) is 11.9. The second-order valence-corrected chi connectivity index (χ2v) is 6.80. The van der Waals surface area contributed by atoms with Crippen LogP contribution in [0.5, 0.6) is 11.5 Å². The Bertz CT molecular complexity index is 667. The van der Waals surface area contributed by atoms with Crippen molar-refractivity contribution in [2.45, 2.75) is 52.9 Å². The van der Waals surface area contributed by atoms with Gasteiger partial charge in [0.05, 0.1) is 24.7 Å². The lowest BCUT2D eigenvalue weighted by atomic mass is 10.1. The Labute approximate surface area is 167 Å². The number of carbonyl (C=O) groups excluding carboxylic acids is 1. The summed E-state index contributed by atoms with van der Waals surface area (Å²) in [7, 11) is 0. The monoisotopic (exact) mass is 392 g/mol. The number of benzene rings is 1. The van der Waals surface area contributed by atoms with Gasteiger partial charge in [0, 0.05) is 6.07 Å². The van der Waals surface area contributed by atoms with Crippen LogP contribution in [0.15, 0.2) is 24.0 Å². The van der Waals surface area contributed by atoms with E-state index >= 15 is 0 Å². The normalized spacial score (nSPS) is 14.1. The van der Waals surface area contributed by atoms with Gasteiger partial charge in [-0.1, -0.05) is 33.1 Å². The maximum Gasteiger partial charge on any atom is 0.312 e. The number of ether oxygens (including phenoxy) is 4. The topological polar surface area (TPSA) is 74.2 Å². The average molecular weight is 392 g/mol. The molecule has 1 N–H and O–H groups in total. The molecule has 6 nitrogen and oxygen atoms in total. The standard InChI is InChI=1S/C22H32O6/c1-4-7-8-9-12-26-20-15-28-19-13-17(10-11-18(19)21(20)23)27-14-16(5-2)22(24)25-6-3/h10-11,13,16,23H,4-9,12,14-15H2,1-3H3. The molecule has 0 saturated heterocycles. The highest BCUT2D eigenvalue weighted by Gasteiger charge is 2.23. The maximum absolute atomic E-state index is 11.9. The summed E-state index contributed by atoms with van der Waals surface area (Å²) in [6.07, 6.45) is 5.08. The summed E-state index contributed by atoms with van der Waals surface area (Å²) in [6.45, 7) is 7.24. The van der Waals surface area contributed by atoms with Crippen LogP contribution in [0.2, 0.25) is 0 Å². The fourth-order valence-electron chi connectivity index (χ4n) is 2.91. The number of aliphatic hydroxyl groups excluding tert-OH is 1. The molecule has 0 fully saturated rings. The molecule has 0 amide bonds. The van der Waals surface area contributed by atoms with Crippen LogP contribution < -0.4 is 9.47 Å². The number of aliphatic hydroxyl groups is 1. The Hall–Kier alpha value is -2.37. The molecular weight excluding hydrogens is 360 g/mol. The summed E-state index contributed by atoms with van der Waals surface area (Å²) < 4.78 is 22.2. The third kappa shape index (κ3) is 6.08. The van der Waals surface area contributed by atoms with Gasteiger partial charge in [0.1, 0.15) is 24.7 Å². The maximum atomic E-state index is 11.9. The number of esters is 1. The molecule has 1 aliphatic heterocycles. The SMILES string of the molecule is CCCCCCOC1=C(O)c2ccc(OCC(CC)C(=O)OCC)cc2OC1. The number of fused-ring (bicyclic) bond motifs is 1. The van der Waals surface area contributed by atoms with Crippen LogP contribution in [0.1, 0.15) is 58.4 Å². The molecule has 1 aromatic rings. The van der Waals surface area contributed by atoms with Gasteiger partial charge >= 0.3 is 5.97 Å². The molecule has 1 heterocycles. The quantitative estimate of drug-likeness (QED) is 0.404. The van der Waals surface area contributed by atoms with E-state index in [1.54, 1.807) is 25.1 Å². The van der Waals surface area contributed by atoms with Gasteiger partial charge in [0.25, 0.3) is 0 Å². The van der Waals surface area contributed by atoms with Gasteiger partial charge in [-0.05, 0) is 31.9 Å². The molecule has 0 saturated carbocycles. The van der Waals surface area contributed by atoms with E-state index in [-0.39, 0.29) is 30.9 Å². The Kier molecular flexibility index (Phi) is 8.98. The van der Waals surface area contributed by atoms with Crippen molar-refractivity contribution in [1.29, 1.82) is 0 Å². The van der Waals surface area contributed by atoms with Crippen LogP contribution in [0.25, 0.3) is 5.76 Å². The molecule has 6 heteroatoms. The van der Waals surface area contributed by atoms with E-state index in [1.807, 2.05) is 6.92 Å². The summed E-state index contributed by atoms with van der Waals surface area (Å²) in [5.41, 5.74) is 0.583. The Morgan fingerprint density at radius 1 is 1.18 bits per heavy atom. The van der Waals surface area contributed by atoms with Crippen molar-refractivity contribution in [2.75, 3.05) is 26.4 Å². The zero-order valence-electron chi connectivity index (χ0n) is 17.2. The lowest BCUT2D eigenvalue weighted by molar-refractivity contribution is -0.149. The molecule has 0 radical (unpaired) electrons. The van der Waals surface area contributed by atoms with Gasteiger partial charge in [-0.2, -0.15) is 0 Å². The van der Waals surface area contributed by atoms with Crippen molar-refractivity contribution in [3.8, 4) is 11.5 Å². The summed E-state index contributed by atoms with van der Waals surface area (Å²) >= 11 is 0. The Morgan fingerprint density at radius 3 is 2.71 bits per heavy atom. The lowest BCUT2D eigenvalue weighted by Crippen LogP contribution is -2.23. The fourth-order valence-corrected chi connectivity index (χ4v) is 2.91. The molecule has 1 unspecified atom stereocenters. The number of rotatable bonds is 12. The fraction of sp³-hybridized carbons (Fsp3) is 0.591. The van der Waals surface area contributed by atoms with E-state index in [0.29, 0.717) is 42.5 Å². The predicted octanol–water partition coefficient (Wildman–Crippen LogP) is 4.87. The van der Waals surface area contributed by atoms with Crippen LogP contribution in [-0.4, -0.2) is 37.5 Å². The molecule has 1 atom stereocenters. The molecule has 0 aromatic heterocycles. The molecule has 1 aliphatic rings. The smallest absolute Gasteiger partial charge is 0.312 e. The van der Waals surface area contributed by atoms with Crippen LogP contribution >= 0.6 is 0 Å². The van der Waals surface area contributed by atoms with Gasteiger partial charge < -0.3 is 24.1 Å². The highest BCUT2D eigenvalue weighted by atomic mass is 16.5. The van der Waals surface area contributed by atoms with Crippen LogP contribution in [0, 0.1) is 5.92 Å². The minimum atomic E-state index is -0.307. The number of hydrogen-bond acceptors (Lipinski definition) is 6. The number of hydrogen-bond donors (Lipinski definition) is 1. The average Bonchev–Trinajstić information content (AvgIpc) is 2.70. The zero-order chi connectivity index (χ0) is 20.4. The zero-order valence-corrected chi connectivity index (χ0v) is 17.2. The highest BCUT2D eigenvalue weighted by molar-refractivity contribution is 5.72. The van der Waals surface area contributed by atoms with E-state index < -0.39 is 0 Å². The van der Waals surface area contributed by atoms with E-state index in [9.17, 15) is 9.90 Å². The second-order valence-electron chi connectivity index (χ2n) is 6.80. The first-order valence-electron chi connectivity index (χ1n) is 10.2. The lowest BCUT2D eigenvalue weighted by Gasteiger charge is -2.22. The Morgan fingerprint density at radius 2 is 2.00 bits per heavy atom. The predicted molar refractivity (Wildman–Crippen MR) is 107 cm³/mol. The van der Waals surface area contributed by atoms with Crippen molar-refractivity contribution < 1.29 is 28.8 Å². The molecule has 0 spiro atoms. The van der Waals surface area contributed by atoms with Gasteiger partial charge in [-0.3, -0.25) is 4.79 Å². The van der Waals surface area contributed by atoms with Crippen molar-refractivity contribution >= 4 is 11.7 Å². The van der Waals surface area contributed by atoms with Crippen molar-refractivity contribution in [1.82, 2.24) is 0 Å². The second kappa shape index (κ2) is 11.5. The summed E-state index contributed by atoms with van der Waals surface area (Å²) in [5, 5.41) is 10.5. The molecule has 0 aliphatic carbocycles. The largest absolute Gasteiger partial charge is 0.504 e. The highest BCUT2D eigenvalue weighted by Crippen LogP contribution is 2.35. The van der Waals surface area contributed by atoms with Crippen LogP contribution in [0.4, 0.5) is 0 Å². The molecule has 28 heavy (non-hydrogen) atoms. The van der Waals surface area contributed by atoms with Gasteiger partial charge in [-0.25, -0.2) is 0 Å². The van der Waals surface area contributed by atoms with Crippen molar-refractivity contribution in [3.63, 3.8) is 0 Å². The van der Waals surface area contributed by atoms with E-state index in [1.165, 1.54) is 12.8 Å². The molecule has 1 aromatic carbocycles. The first-order chi connectivity index (χ1) is 13.6. The summed E-state index contributed by atoms with van der Waals surface area (Å²) in [5.74, 6) is 1.14. The number of carbonyl (C=O) groups is 1. The van der Waals surface area contributed by atoms with Gasteiger partial charge in [0.2, 0.25) is 0 Å². The summed E-state index contributed by atoms with van der Waals surface area (Å²) in [6, 6.07) is 5.22. The van der Waals surface area contributed by atoms with Gasteiger partial charge in [-0.15, -0.1) is 0 Å². The van der Waals surface area contributed by atoms with E-state index in [0.717, 1.165) is 12.8 Å².